The molecular weight excluding hydrogens is 258 g/mol. The number of unbranched alkanes of at least 4 members (excludes halogenated alkanes) is 1. The number of hydrogen-bond donors (Lipinski definition) is 2. The van der Waals surface area contributed by atoms with Crippen LogP contribution in [0.1, 0.15) is 37.0 Å². The van der Waals surface area contributed by atoms with Gasteiger partial charge in [-0.15, -0.1) is 0 Å². The first-order valence-electron chi connectivity index (χ1n) is 6.77. The number of aliphatic hydroxyl groups is 1. The Morgan fingerprint density at radius 1 is 1.30 bits per heavy atom. The maximum atomic E-state index is 12.0. The molecule has 0 spiro atoms. The molecule has 110 valence electrons. The minimum Gasteiger partial charge on any atom is -0.464 e. The van der Waals surface area contributed by atoms with Gasteiger partial charge in [-0.2, -0.15) is 0 Å². The van der Waals surface area contributed by atoms with E-state index in [2.05, 4.69) is 5.32 Å². The van der Waals surface area contributed by atoms with Crippen molar-refractivity contribution in [2.75, 3.05) is 6.61 Å². The predicted octanol–water partition coefficient (Wildman–Crippen LogP) is 1.51. The van der Waals surface area contributed by atoms with E-state index in [1.54, 1.807) is 30.3 Å². The zero-order valence-corrected chi connectivity index (χ0v) is 11.8. The molecule has 0 aliphatic carbocycles. The largest absolute Gasteiger partial charge is 0.464 e. The third-order valence-electron chi connectivity index (χ3n) is 2.80. The Labute approximate surface area is 118 Å². The summed E-state index contributed by atoms with van der Waals surface area (Å²) in [6.07, 6.45) is 0.644. The van der Waals surface area contributed by atoms with Gasteiger partial charge in [-0.1, -0.05) is 31.5 Å². The van der Waals surface area contributed by atoms with E-state index in [0.29, 0.717) is 12.2 Å². The minimum atomic E-state index is -1.06. The molecule has 0 aromatic heterocycles. The second kappa shape index (κ2) is 8.32. The molecule has 5 nitrogen and oxygen atoms in total. The lowest BCUT2D eigenvalue weighted by Gasteiger charge is -2.20. The van der Waals surface area contributed by atoms with Gasteiger partial charge in [-0.3, -0.25) is 4.79 Å². The van der Waals surface area contributed by atoms with Crippen molar-refractivity contribution >= 4 is 11.9 Å². The highest BCUT2D eigenvalue weighted by Crippen LogP contribution is 2.03. The summed E-state index contributed by atoms with van der Waals surface area (Å²) >= 11 is 0. The first-order valence-corrected chi connectivity index (χ1v) is 6.77. The van der Waals surface area contributed by atoms with E-state index >= 15 is 0 Å². The van der Waals surface area contributed by atoms with Gasteiger partial charge in [0, 0.05) is 5.56 Å². The topological polar surface area (TPSA) is 75.6 Å². The molecule has 0 saturated carbocycles. The number of carbonyl (C=O) groups is 2. The molecule has 1 rings (SSSR count). The Balaban J connectivity index is 2.63. The molecule has 0 bridgehead atoms. The Kier molecular flexibility index (Phi) is 6.73. The van der Waals surface area contributed by atoms with E-state index in [1.807, 2.05) is 6.92 Å². The van der Waals surface area contributed by atoms with Crippen LogP contribution in [-0.4, -0.2) is 35.7 Å². The van der Waals surface area contributed by atoms with E-state index in [1.165, 1.54) is 6.92 Å². The van der Waals surface area contributed by atoms with Crippen LogP contribution in [-0.2, 0) is 9.53 Å². The van der Waals surface area contributed by atoms with Crippen molar-refractivity contribution in [1.29, 1.82) is 0 Å². The fourth-order valence-corrected chi connectivity index (χ4v) is 1.60. The van der Waals surface area contributed by atoms with Crippen LogP contribution in [0.25, 0.3) is 0 Å². The van der Waals surface area contributed by atoms with Gasteiger partial charge in [0.15, 0.2) is 6.04 Å². The Bertz CT molecular complexity index is 431. The standard InChI is InChI=1S/C15H21NO4/c1-3-4-10-20-15(19)13(11(2)17)16-14(18)12-8-6-5-7-9-12/h5-9,11,13,17H,3-4,10H2,1-2H3,(H,16,18)/t11-,13+/m0/s1. The molecule has 2 N–H and O–H groups in total. The molecule has 1 aromatic rings. The van der Waals surface area contributed by atoms with Gasteiger partial charge < -0.3 is 15.2 Å². The number of benzene rings is 1. The first-order chi connectivity index (χ1) is 9.56. The smallest absolute Gasteiger partial charge is 0.331 e. The summed E-state index contributed by atoms with van der Waals surface area (Å²) in [5.74, 6) is -1.03. The van der Waals surface area contributed by atoms with E-state index < -0.39 is 24.0 Å². The quantitative estimate of drug-likeness (QED) is 0.586. The molecule has 0 fully saturated rings. The molecule has 0 saturated heterocycles. The molecule has 0 aliphatic rings. The normalized spacial score (nSPS) is 13.3. The number of carbonyl (C=O) groups excluding carboxylic acids is 2. The molecule has 2 atom stereocenters. The average Bonchev–Trinajstić information content (AvgIpc) is 2.45. The molecule has 1 amide bonds. The van der Waals surface area contributed by atoms with E-state index in [-0.39, 0.29) is 0 Å². The maximum Gasteiger partial charge on any atom is 0.331 e. The van der Waals surface area contributed by atoms with Crippen LogP contribution in [0, 0.1) is 0 Å². The maximum absolute atomic E-state index is 12.0. The summed E-state index contributed by atoms with van der Waals surface area (Å²) in [6, 6.07) is 7.47. The van der Waals surface area contributed by atoms with Crippen LogP contribution in [0.3, 0.4) is 0 Å². The lowest BCUT2D eigenvalue weighted by atomic mass is 10.1. The monoisotopic (exact) mass is 279 g/mol. The summed E-state index contributed by atoms with van der Waals surface area (Å²) in [5.41, 5.74) is 0.430. The predicted molar refractivity (Wildman–Crippen MR) is 75.2 cm³/mol. The summed E-state index contributed by atoms with van der Waals surface area (Å²) in [6.45, 7) is 3.72. The lowest BCUT2D eigenvalue weighted by molar-refractivity contribution is -0.148. The molecule has 20 heavy (non-hydrogen) atoms. The summed E-state index contributed by atoms with van der Waals surface area (Å²) in [7, 11) is 0. The van der Waals surface area contributed by atoms with Crippen molar-refractivity contribution < 1.29 is 19.4 Å². The van der Waals surface area contributed by atoms with Crippen LogP contribution in [0.5, 0.6) is 0 Å². The van der Waals surface area contributed by atoms with Gasteiger partial charge in [0.25, 0.3) is 5.91 Å². The van der Waals surface area contributed by atoms with Crippen LogP contribution < -0.4 is 5.32 Å². The van der Waals surface area contributed by atoms with Crippen molar-refractivity contribution in [2.45, 2.75) is 38.8 Å². The Morgan fingerprint density at radius 3 is 2.50 bits per heavy atom. The first kappa shape index (κ1) is 16.2. The number of aliphatic hydroxyl groups excluding tert-OH is 1. The average molecular weight is 279 g/mol. The number of rotatable bonds is 7. The van der Waals surface area contributed by atoms with Gasteiger partial charge in [-0.05, 0) is 25.5 Å². The van der Waals surface area contributed by atoms with Crippen molar-refractivity contribution in [3.8, 4) is 0 Å². The fourth-order valence-electron chi connectivity index (χ4n) is 1.60. The van der Waals surface area contributed by atoms with E-state index in [4.69, 9.17) is 4.74 Å². The second-order valence-electron chi connectivity index (χ2n) is 4.58. The molecule has 0 radical (unpaired) electrons. The SMILES string of the molecule is CCCCOC(=O)[C@H](NC(=O)c1ccccc1)[C@H](C)O. The highest BCUT2D eigenvalue weighted by Gasteiger charge is 2.27. The second-order valence-corrected chi connectivity index (χ2v) is 4.58. The van der Waals surface area contributed by atoms with E-state index in [0.717, 1.165) is 12.8 Å². The van der Waals surface area contributed by atoms with Gasteiger partial charge in [0.2, 0.25) is 0 Å². The summed E-state index contributed by atoms with van der Waals surface area (Å²) in [5, 5.41) is 12.1. The number of ether oxygens (including phenoxy) is 1. The van der Waals surface area contributed by atoms with Crippen molar-refractivity contribution in [3.05, 3.63) is 35.9 Å². The highest BCUT2D eigenvalue weighted by atomic mass is 16.5. The Hall–Kier alpha value is -1.88. The van der Waals surface area contributed by atoms with Crippen LogP contribution in [0.2, 0.25) is 0 Å². The zero-order chi connectivity index (χ0) is 15.0. The molecular formula is C15H21NO4. The summed E-state index contributed by atoms with van der Waals surface area (Å²) < 4.78 is 5.03. The third-order valence-corrected chi connectivity index (χ3v) is 2.80. The summed E-state index contributed by atoms with van der Waals surface area (Å²) in [4.78, 5) is 23.8. The van der Waals surface area contributed by atoms with Crippen LogP contribution in [0.15, 0.2) is 30.3 Å². The zero-order valence-electron chi connectivity index (χ0n) is 11.8. The molecule has 0 aliphatic heterocycles. The van der Waals surface area contributed by atoms with Crippen LogP contribution in [0.4, 0.5) is 0 Å². The number of nitrogens with one attached hydrogen (secondary N) is 1. The minimum absolute atomic E-state index is 0.291. The molecule has 1 aromatic carbocycles. The lowest BCUT2D eigenvalue weighted by Crippen LogP contribution is -2.48. The van der Waals surface area contributed by atoms with Gasteiger partial charge >= 0.3 is 5.97 Å². The number of hydrogen-bond acceptors (Lipinski definition) is 4. The fraction of sp³-hybridized carbons (Fsp3) is 0.467. The van der Waals surface area contributed by atoms with Crippen molar-refractivity contribution in [2.24, 2.45) is 0 Å². The van der Waals surface area contributed by atoms with Gasteiger partial charge in [0.1, 0.15) is 0 Å². The number of esters is 1. The van der Waals surface area contributed by atoms with Crippen molar-refractivity contribution in [1.82, 2.24) is 5.32 Å². The van der Waals surface area contributed by atoms with Crippen molar-refractivity contribution in [3.63, 3.8) is 0 Å². The highest BCUT2D eigenvalue weighted by molar-refractivity contribution is 5.96. The van der Waals surface area contributed by atoms with Gasteiger partial charge in [-0.25, -0.2) is 4.79 Å². The van der Waals surface area contributed by atoms with Gasteiger partial charge in [0.05, 0.1) is 12.7 Å². The number of amides is 1. The van der Waals surface area contributed by atoms with E-state index in [9.17, 15) is 14.7 Å². The third kappa shape index (κ3) is 5.01. The van der Waals surface area contributed by atoms with Crippen LogP contribution >= 0.6 is 0 Å². The molecule has 0 unspecified atom stereocenters. The Morgan fingerprint density at radius 2 is 1.95 bits per heavy atom. The molecule has 5 heteroatoms. The molecule has 0 heterocycles.